The van der Waals surface area contributed by atoms with Crippen molar-refractivity contribution >= 4 is 17.7 Å². The summed E-state index contributed by atoms with van der Waals surface area (Å²) in [4.78, 5) is 11.6. The number of aromatic nitrogens is 2. The number of esters is 1. The number of nitrogens with zero attached hydrogens (tertiary/aromatic N) is 2. The topological polar surface area (TPSA) is 78.4 Å². The Kier molecular flexibility index (Phi) is 4.71. The third kappa shape index (κ3) is 3.51. The number of rotatable bonds is 5. The average molecular weight is 344 g/mol. The van der Waals surface area contributed by atoms with Crippen molar-refractivity contribution in [2.75, 3.05) is 7.11 Å². The molecule has 0 radical (unpaired) electrons. The molecule has 0 aliphatic carbocycles. The monoisotopic (exact) mass is 344 g/mol. The number of methoxy groups -OCH3 is 1. The molecule has 0 atom stereocenters. The average Bonchev–Trinajstić information content (AvgIpc) is 3.19. The zero-order chi connectivity index (χ0) is 17.1. The largest absolute Gasteiger partial charge is 0.465 e. The molecule has 0 aliphatic heterocycles. The van der Waals surface area contributed by atoms with Gasteiger partial charge in [0, 0.05) is 5.56 Å². The first-order valence-corrected chi connectivity index (χ1v) is 8.26. The molecule has 0 amide bonds. The molecule has 7 heteroatoms. The molecular formula is C17H16N2O4S. The molecule has 2 aromatic heterocycles. The van der Waals surface area contributed by atoms with E-state index in [-0.39, 0.29) is 0 Å². The Morgan fingerprint density at radius 1 is 1.21 bits per heavy atom. The summed E-state index contributed by atoms with van der Waals surface area (Å²) in [5.41, 5.74) is 2.44. The number of benzene rings is 1. The first-order chi connectivity index (χ1) is 11.6. The van der Waals surface area contributed by atoms with Crippen LogP contribution in [0.2, 0.25) is 0 Å². The van der Waals surface area contributed by atoms with Gasteiger partial charge in [-0.15, -0.1) is 10.2 Å². The van der Waals surface area contributed by atoms with Crippen molar-refractivity contribution in [3.05, 3.63) is 53.0 Å². The van der Waals surface area contributed by atoms with Gasteiger partial charge in [0.15, 0.2) is 0 Å². The van der Waals surface area contributed by atoms with Crippen LogP contribution in [0.4, 0.5) is 0 Å². The number of carbonyl (C=O) groups excluding carboxylic acids is 1. The van der Waals surface area contributed by atoms with E-state index in [1.807, 2.05) is 31.2 Å². The van der Waals surface area contributed by atoms with Gasteiger partial charge >= 0.3 is 5.97 Å². The van der Waals surface area contributed by atoms with Crippen molar-refractivity contribution in [2.45, 2.75) is 24.8 Å². The fraction of sp³-hybridized carbons (Fsp3) is 0.235. The van der Waals surface area contributed by atoms with E-state index < -0.39 is 5.97 Å². The molecule has 0 spiro atoms. The Labute approximate surface area is 143 Å². The van der Waals surface area contributed by atoms with E-state index in [9.17, 15) is 4.79 Å². The molecule has 0 N–H and O–H groups in total. The van der Waals surface area contributed by atoms with Crippen LogP contribution in [-0.2, 0) is 10.5 Å². The number of hydrogen-bond donors (Lipinski definition) is 0. The maximum absolute atomic E-state index is 11.6. The van der Waals surface area contributed by atoms with Gasteiger partial charge in [-0.05, 0) is 32.0 Å². The highest BCUT2D eigenvalue weighted by Crippen LogP contribution is 2.27. The molecule has 0 fully saturated rings. The summed E-state index contributed by atoms with van der Waals surface area (Å²) in [7, 11) is 1.34. The van der Waals surface area contributed by atoms with Gasteiger partial charge in [0.05, 0.1) is 12.9 Å². The molecule has 3 aromatic rings. The lowest BCUT2D eigenvalue weighted by atomic mass is 10.1. The predicted molar refractivity (Wildman–Crippen MR) is 88.8 cm³/mol. The van der Waals surface area contributed by atoms with Crippen molar-refractivity contribution in [1.82, 2.24) is 10.2 Å². The molecule has 0 bridgehead atoms. The third-order valence-electron chi connectivity index (χ3n) is 3.38. The Balaban J connectivity index is 1.69. The fourth-order valence-electron chi connectivity index (χ4n) is 2.22. The van der Waals surface area contributed by atoms with Gasteiger partial charge in [-0.1, -0.05) is 29.5 Å². The summed E-state index contributed by atoms with van der Waals surface area (Å²) in [6.07, 6.45) is 0. The SMILES string of the molecule is COC(=O)c1cc(CSc2nnc(-c3cccc(C)c3)o2)oc1C. The van der Waals surface area contributed by atoms with Crippen molar-refractivity contribution in [1.29, 1.82) is 0 Å². The van der Waals surface area contributed by atoms with E-state index in [0.717, 1.165) is 11.1 Å². The smallest absolute Gasteiger partial charge is 0.341 e. The Hall–Kier alpha value is -2.54. The number of thioether (sulfide) groups is 1. The highest BCUT2D eigenvalue weighted by Gasteiger charge is 2.16. The van der Waals surface area contributed by atoms with Crippen LogP contribution in [0.25, 0.3) is 11.5 Å². The summed E-state index contributed by atoms with van der Waals surface area (Å²) in [5, 5.41) is 8.54. The maximum atomic E-state index is 11.6. The number of carbonyl (C=O) groups is 1. The number of ether oxygens (including phenoxy) is 1. The van der Waals surface area contributed by atoms with Crippen LogP contribution >= 0.6 is 11.8 Å². The second-order valence-electron chi connectivity index (χ2n) is 5.21. The molecule has 24 heavy (non-hydrogen) atoms. The second kappa shape index (κ2) is 6.92. The first kappa shape index (κ1) is 16.3. The maximum Gasteiger partial charge on any atom is 0.341 e. The minimum Gasteiger partial charge on any atom is -0.465 e. The van der Waals surface area contributed by atoms with Crippen LogP contribution in [0, 0.1) is 13.8 Å². The summed E-state index contributed by atoms with van der Waals surface area (Å²) < 4.78 is 15.9. The summed E-state index contributed by atoms with van der Waals surface area (Å²) in [6.45, 7) is 3.73. The van der Waals surface area contributed by atoms with Gasteiger partial charge in [-0.2, -0.15) is 0 Å². The molecule has 3 rings (SSSR count). The first-order valence-electron chi connectivity index (χ1n) is 7.28. The quantitative estimate of drug-likeness (QED) is 0.511. The van der Waals surface area contributed by atoms with E-state index in [2.05, 4.69) is 10.2 Å². The lowest BCUT2D eigenvalue weighted by molar-refractivity contribution is 0.0599. The third-order valence-corrected chi connectivity index (χ3v) is 4.22. The lowest BCUT2D eigenvalue weighted by Crippen LogP contribution is -2.00. The standard InChI is InChI=1S/C17H16N2O4S/c1-10-5-4-6-12(7-10)15-18-19-17(23-15)24-9-13-8-14(11(2)22-13)16(20)21-3/h4-8H,9H2,1-3H3. The second-order valence-corrected chi connectivity index (χ2v) is 6.13. The molecule has 1 aromatic carbocycles. The van der Waals surface area contributed by atoms with E-state index in [1.165, 1.54) is 18.9 Å². The van der Waals surface area contributed by atoms with E-state index in [4.69, 9.17) is 13.6 Å². The number of aryl methyl sites for hydroxylation is 2. The summed E-state index contributed by atoms with van der Waals surface area (Å²) >= 11 is 1.35. The van der Waals surface area contributed by atoms with E-state index in [1.54, 1.807) is 13.0 Å². The molecule has 0 aliphatic rings. The number of furan rings is 1. The highest BCUT2D eigenvalue weighted by atomic mass is 32.2. The molecule has 0 saturated carbocycles. The van der Waals surface area contributed by atoms with Gasteiger partial charge in [-0.25, -0.2) is 4.79 Å². The molecule has 6 nitrogen and oxygen atoms in total. The molecule has 0 unspecified atom stereocenters. The highest BCUT2D eigenvalue weighted by molar-refractivity contribution is 7.98. The van der Waals surface area contributed by atoms with Gasteiger partial charge in [0.2, 0.25) is 5.89 Å². The van der Waals surface area contributed by atoms with Crippen molar-refractivity contribution < 1.29 is 18.4 Å². The van der Waals surface area contributed by atoms with Crippen LogP contribution in [0.3, 0.4) is 0 Å². The normalized spacial score (nSPS) is 10.8. The molecule has 0 saturated heterocycles. The Bertz CT molecular complexity index is 869. The molecule has 2 heterocycles. The molecule has 124 valence electrons. The van der Waals surface area contributed by atoms with Crippen LogP contribution < -0.4 is 0 Å². The van der Waals surface area contributed by atoms with Crippen LogP contribution in [0.5, 0.6) is 0 Å². The predicted octanol–water partition coefficient (Wildman–Crippen LogP) is 4.03. The fourth-order valence-corrected chi connectivity index (χ4v) is 2.87. The van der Waals surface area contributed by atoms with Crippen LogP contribution in [0.1, 0.15) is 27.4 Å². The molecular weight excluding hydrogens is 328 g/mol. The van der Waals surface area contributed by atoms with E-state index in [0.29, 0.717) is 34.0 Å². The minimum atomic E-state index is -0.410. The van der Waals surface area contributed by atoms with Gasteiger partial charge in [0.1, 0.15) is 17.1 Å². The zero-order valence-corrected chi connectivity index (χ0v) is 14.3. The lowest BCUT2D eigenvalue weighted by Gasteiger charge is -1.96. The van der Waals surface area contributed by atoms with E-state index >= 15 is 0 Å². The van der Waals surface area contributed by atoms with Gasteiger partial charge < -0.3 is 13.6 Å². The summed E-state index contributed by atoms with van der Waals surface area (Å²) in [5.74, 6) is 1.73. The van der Waals surface area contributed by atoms with Gasteiger partial charge in [0.25, 0.3) is 5.22 Å². The Morgan fingerprint density at radius 2 is 2.04 bits per heavy atom. The van der Waals surface area contributed by atoms with Crippen LogP contribution in [-0.4, -0.2) is 23.3 Å². The number of hydrogen-bond acceptors (Lipinski definition) is 7. The van der Waals surface area contributed by atoms with Crippen molar-refractivity contribution in [3.8, 4) is 11.5 Å². The van der Waals surface area contributed by atoms with Crippen molar-refractivity contribution in [3.63, 3.8) is 0 Å². The van der Waals surface area contributed by atoms with Crippen LogP contribution in [0.15, 0.2) is 44.4 Å². The van der Waals surface area contributed by atoms with Gasteiger partial charge in [-0.3, -0.25) is 0 Å². The van der Waals surface area contributed by atoms with Crippen molar-refractivity contribution in [2.24, 2.45) is 0 Å². The minimum absolute atomic E-state index is 0.410. The Morgan fingerprint density at radius 3 is 2.79 bits per heavy atom. The summed E-state index contributed by atoms with van der Waals surface area (Å²) in [6, 6.07) is 9.54. The zero-order valence-electron chi connectivity index (χ0n) is 13.5.